The molecule has 0 radical (unpaired) electrons. The van der Waals surface area contributed by atoms with Crippen LogP contribution in [0.5, 0.6) is 0 Å². The molecule has 0 saturated carbocycles. The van der Waals surface area contributed by atoms with Crippen LogP contribution in [0.25, 0.3) is 0 Å². The number of carbonyl (C=O) groups is 2. The highest BCUT2D eigenvalue weighted by molar-refractivity contribution is 5.97. The minimum Gasteiger partial charge on any atom is -0.369 e. The summed E-state index contributed by atoms with van der Waals surface area (Å²) in [6.07, 6.45) is 0. The summed E-state index contributed by atoms with van der Waals surface area (Å²) in [4.78, 5) is 30.1. The Morgan fingerprint density at radius 2 is 1.65 bits per heavy atom. The first kappa shape index (κ1) is 22.7. The van der Waals surface area contributed by atoms with Crippen molar-refractivity contribution < 1.29 is 14.0 Å². The molecule has 1 fully saturated rings. The van der Waals surface area contributed by atoms with Crippen molar-refractivity contribution in [3.8, 4) is 0 Å². The largest absolute Gasteiger partial charge is 0.369 e. The van der Waals surface area contributed by atoms with Crippen molar-refractivity contribution >= 4 is 17.5 Å². The zero-order chi connectivity index (χ0) is 22.4. The van der Waals surface area contributed by atoms with E-state index in [4.69, 9.17) is 0 Å². The Morgan fingerprint density at radius 1 is 1.00 bits per heavy atom. The van der Waals surface area contributed by atoms with Gasteiger partial charge in [-0.25, -0.2) is 4.39 Å². The number of likely N-dealkylation sites (N-methyl/N-ethyl adjacent to an activating group) is 1. The SMILES string of the molecule is CC(C)C(NC(=O)c1ccc(F)cc1)C(=O)NCc1ccccc1N1CCN(C)CC1. The number of hydrogen-bond donors (Lipinski definition) is 2. The van der Waals surface area contributed by atoms with Crippen LogP contribution in [0.1, 0.15) is 29.8 Å². The van der Waals surface area contributed by atoms with Crippen molar-refractivity contribution in [1.82, 2.24) is 15.5 Å². The molecule has 31 heavy (non-hydrogen) atoms. The molecule has 0 aliphatic carbocycles. The number of carbonyl (C=O) groups excluding carboxylic acids is 2. The van der Waals surface area contributed by atoms with Crippen molar-refractivity contribution in [3.05, 3.63) is 65.5 Å². The molecule has 0 bridgehead atoms. The Balaban J connectivity index is 1.64. The Kier molecular flexibility index (Phi) is 7.63. The van der Waals surface area contributed by atoms with E-state index >= 15 is 0 Å². The molecule has 1 atom stereocenters. The molecule has 7 heteroatoms. The van der Waals surface area contributed by atoms with Crippen molar-refractivity contribution in [2.75, 3.05) is 38.1 Å². The maximum absolute atomic E-state index is 13.1. The number of halogens is 1. The van der Waals surface area contributed by atoms with Gasteiger partial charge in [0.1, 0.15) is 11.9 Å². The average Bonchev–Trinajstić information content (AvgIpc) is 2.76. The lowest BCUT2D eigenvalue weighted by Crippen LogP contribution is -2.49. The number of para-hydroxylation sites is 1. The van der Waals surface area contributed by atoms with Crippen molar-refractivity contribution in [2.24, 2.45) is 5.92 Å². The van der Waals surface area contributed by atoms with Gasteiger partial charge in [0.05, 0.1) is 0 Å². The first-order valence-electron chi connectivity index (χ1n) is 10.7. The van der Waals surface area contributed by atoms with Crippen LogP contribution in [0.15, 0.2) is 48.5 Å². The van der Waals surface area contributed by atoms with Crippen LogP contribution in [-0.2, 0) is 11.3 Å². The number of nitrogens with zero attached hydrogens (tertiary/aromatic N) is 2. The summed E-state index contributed by atoms with van der Waals surface area (Å²) in [5.74, 6) is -1.14. The van der Waals surface area contributed by atoms with Gasteiger partial charge in [-0.1, -0.05) is 32.0 Å². The standard InChI is InChI=1S/C24H31FN4O2/c1-17(2)22(27-23(30)18-8-10-20(25)11-9-18)24(31)26-16-19-6-4-5-7-21(19)29-14-12-28(3)13-15-29/h4-11,17,22H,12-16H2,1-3H3,(H,26,31)(H,27,30). The van der Waals surface area contributed by atoms with E-state index < -0.39 is 17.8 Å². The number of anilines is 1. The fourth-order valence-electron chi connectivity index (χ4n) is 3.67. The van der Waals surface area contributed by atoms with E-state index in [0.717, 1.165) is 37.4 Å². The van der Waals surface area contributed by atoms with E-state index in [2.05, 4.69) is 33.5 Å². The molecule has 1 aliphatic rings. The van der Waals surface area contributed by atoms with Crippen LogP contribution in [-0.4, -0.2) is 56.0 Å². The summed E-state index contributed by atoms with van der Waals surface area (Å²) in [6.45, 7) is 8.06. The molecule has 6 nitrogen and oxygen atoms in total. The van der Waals surface area contributed by atoms with Crippen LogP contribution in [0.4, 0.5) is 10.1 Å². The first-order valence-corrected chi connectivity index (χ1v) is 10.7. The number of piperazine rings is 1. The van der Waals surface area contributed by atoms with Gasteiger partial charge < -0.3 is 20.4 Å². The monoisotopic (exact) mass is 426 g/mol. The Hall–Kier alpha value is -2.93. The maximum atomic E-state index is 13.1. The van der Waals surface area contributed by atoms with Crippen LogP contribution >= 0.6 is 0 Å². The van der Waals surface area contributed by atoms with Gasteiger partial charge in [0.2, 0.25) is 5.91 Å². The predicted molar refractivity (Wildman–Crippen MR) is 120 cm³/mol. The lowest BCUT2D eigenvalue weighted by atomic mass is 10.0. The van der Waals surface area contributed by atoms with Gasteiger partial charge in [-0.3, -0.25) is 9.59 Å². The van der Waals surface area contributed by atoms with Crippen LogP contribution < -0.4 is 15.5 Å². The second kappa shape index (κ2) is 10.4. The predicted octanol–water partition coefficient (Wildman–Crippen LogP) is 2.65. The maximum Gasteiger partial charge on any atom is 0.251 e. The molecule has 1 aliphatic heterocycles. The van der Waals surface area contributed by atoms with Crippen molar-refractivity contribution in [2.45, 2.75) is 26.4 Å². The molecular weight excluding hydrogens is 395 g/mol. The third-order valence-electron chi connectivity index (χ3n) is 5.63. The fourth-order valence-corrected chi connectivity index (χ4v) is 3.67. The zero-order valence-electron chi connectivity index (χ0n) is 18.4. The molecule has 2 aromatic carbocycles. The number of hydrogen-bond acceptors (Lipinski definition) is 4. The molecule has 1 unspecified atom stereocenters. The third-order valence-corrected chi connectivity index (χ3v) is 5.63. The van der Waals surface area contributed by atoms with Gasteiger partial charge in [0, 0.05) is 44.0 Å². The molecule has 1 heterocycles. The Morgan fingerprint density at radius 3 is 2.29 bits per heavy atom. The molecule has 0 aromatic heterocycles. The van der Waals surface area contributed by atoms with Crippen LogP contribution in [0, 0.1) is 11.7 Å². The summed E-state index contributed by atoms with van der Waals surface area (Å²) in [7, 11) is 2.12. The quantitative estimate of drug-likeness (QED) is 0.715. The van der Waals surface area contributed by atoms with E-state index in [9.17, 15) is 14.0 Å². The minimum absolute atomic E-state index is 0.0997. The van der Waals surface area contributed by atoms with Gasteiger partial charge in [0.25, 0.3) is 5.91 Å². The number of nitrogens with one attached hydrogen (secondary N) is 2. The highest BCUT2D eigenvalue weighted by Crippen LogP contribution is 2.21. The van der Waals surface area contributed by atoms with Gasteiger partial charge in [-0.2, -0.15) is 0 Å². The van der Waals surface area contributed by atoms with Gasteiger partial charge in [-0.05, 0) is 48.9 Å². The number of amides is 2. The van der Waals surface area contributed by atoms with E-state index in [0.29, 0.717) is 12.1 Å². The van der Waals surface area contributed by atoms with E-state index in [1.807, 2.05) is 32.0 Å². The second-order valence-electron chi connectivity index (χ2n) is 8.34. The molecule has 3 rings (SSSR count). The van der Waals surface area contributed by atoms with Crippen LogP contribution in [0.2, 0.25) is 0 Å². The number of benzene rings is 2. The summed E-state index contributed by atoms with van der Waals surface area (Å²) in [5, 5.41) is 5.77. The first-order chi connectivity index (χ1) is 14.8. The van der Waals surface area contributed by atoms with Gasteiger partial charge in [-0.15, -0.1) is 0 Å². The van der Waals surface area contributed by atoms with E-state index in [1.165, 1.54) is 24.3 Å². The molecular formula is C24H31FN4O2. The summed E-state index contributed by atoms with van der Waals surface area (Å²) >= 11 is 0. The summed E-state index contributed by atoms with van der Waals surface area (Å²) in [5.41, 5.74) is 2.50. The molecule has 2 N–H and O–H groups in total. The molecule has 166 valence electrons. The van der Waals surface area contributed by atoms with Crippen molar-refractivity contribution in [3.63, 3.8) is 0 Å². The second-order valence-corrected chi connectivity index (χ2v) is 8.34. The smallest absolute Gasteiger partial charge is 0.251 e. The lowest BCUT2D eigenvalue weighted by Gasteiger charge is -2.35. The fraction of sp³-hybridized carbons (Fsp3) is 0.417. The zero-order valence-corrected chi connectivity index (χ0v) is 18.4. The van der Waals surface area contributed by atoms with Gasteiger partial charge in [0.15, 0.2) is 0 Å². The average molecular weight is 427 g/mol. The molecule has 0 spiro atoms. The normalized spacial score (nSPS) is 15.6. The third kappa shape index (κ3) is 6.04. The summed E-state index contributed by atoms with van der Waals surface area (Å²) in [6, 6.07) is 12.7. The topological polar surface area (TPSA) is 64.7 Å². The van der Waals surface area contributed by atoms with Gasteiger partial charge >= 0.3 is 0 Å². The summed E-state index contributed by atoms with van der Waals surface area (Å²) < 4.78 is 13.1. The lowest BCUT2D eigenvalue weighted by molar-refractivity contribution is -0.124. The Bertz CT molecular complexity index is 893. The molecule has 1 saturated heterocycles. The van der Waals surface area contributed by atoms with E-state index in [1.54, 1.807) is 0 Å². The Labute approximate surface area is 183 Å². The van der Waals surface area contributed by atoms with Crippen molar-refractivity contribution in [1.29, 1.82) is 0 Å². The number of rotatable bonds is 7. The van der Waals surface area contributed by atoms with E-state index in [-0.39, 0.29) is 11.8 Å². The highest BCUT2D eigenvalue weighted by Gasteiger charge is 2.25. The highest BCUT2D eigenvalue weighted by atomic mass is 19.1. The molecule has 2 amide bonds. The molecule has 2 aromatic rings. The van der Waals surface area contributed by atoms with Crippen LogP contribution in [0.3, 0.4) is 0 Å². The minimum atomic E-state index is -0.687.